The Balaban J connectivity index is 1.61. The lowest BCUT2D eigenvalue weighted by Crippen LogP contribution is -2.47. The van der Waals surface area contributed by atoms with Crippen molar-refractivity contribution >= 4 is 29.3 Å². The van der Waals surface area contributed by atoms with Gasteiger partial charge in [0.1, 0.15) is 6.04 Å². The Labute approximate surface area is 238 Å². The minimum Gasteiger partial charge on any atom is -0.454 e. The summed E-state index contributed by atoms with van der Waals surface area (Å²) in [6, 6.07) is 19.8. The van der Waals surface area contributed by atoms with Gasteiger partial charge < -0.3 is 29.7 Å². The van der Waals surface area contributed by atoms with E-state index in [0.717, 1.165) is 5.56 Å². The largest absolute Gasteiger partial charge is 0.454 e. The van der Waals surface area contributed by atoms with Gasteiger partial charge in [-0.1, -0.05) is 48.0 Å². The topological polar surface area (TPSA) is 106 Å². The molecule has 2 N–H and O–H groups in total. The highest BCUT2D eigenvalue weighted by molar-refractivity contribution is 6.30. The molecule has 1 atom stereocenters. The van der Waals surface area contributed by atoms with Gasteiger partial charge in [0.05, 0.1) is 6.54 Å². The SMILES string of the molecule is CCOCCCNC(=O)C(c1ccc(Cl)cc1)N(Cc1ccc2c(c1)OCO2)C(=O)CNC(=O)c1ccccc1. The number of fused-ring (bicyclic) bond motifs is 1. The maximum absolute atomic E-state index is 13.7. The van der Waals surface area contributed by atoms with Gasteiger partial charge in [-0.2, -0.15) is 0 Å². The van der Waals surface area contributed by atoms with E-state index in [4.69, 9.17) is 25.8 Å². The van der Waals surface area contributed by atoms with E-state index in [9.17, 15) is 14.4 Å². The molecule has 40 heavy (non-hydrogen) atoms. The molecule has 4 rings (SSSR count). The van der Waals surface area contributed by atoms with Crippen LogP contribution < -0.4 is 20.1 Å². The van der Waals surface area contributed by atoms with Crippen LogP contribution in [0.25, 0.3) is 0 Å². The fourth-order valence-corrected chi connectivity index (χ4v) is 4.38. The molecule has 9 nitrogen and oxygen atoms in total. The molecular formula is C30H32ClN3O6. The van der Waals surface area contributed by atoms with Crippen molar-refractivity contribution in [3.8, 4) is 11.5 Å². The van der Waals surface area contributed by atoms with Crippen LogP contribution in [0.4, 0.5) is 0 Å². The molecule has 0 saturated carbocycles. The minimum atomic E-state index is -0.990. The van der Waals surface area contributed by atoms with E-state index in [-0.39, 0.29) is 31.7 Å². The smallest absolute Gasteiger partial charge is 0.251 e. The van der Waals surface area contributed by atoms with Crippen LogP contribution in [0.2, 0.25) is 5.02 Å². The number of benzene rings is 3. The van der Waals surface area contributed by atoms with Gasteiger partial charge in [0.2, 0.25) is 18.6 Å². The van der Waals surface area contributed by atoms with Crippen molar-refractivity contribution in [1.82, 2.24) is 15.5 Å². The number of halogens is 1. The third-order valence-electron chi connectivity index (χ3n) is 6.26. The van der Waals surface area contributed by atoms with Gasteiger partial charge in [0.25, 0.3) is 5.91 Å². The van der Waals surface area contributed by atoms with Gasteiger partial charge in [0, 0.05) is 36.9 Å². The Bertz CT molecular complexity index is 1300. The van der Waals surface area contributed by atoms with Crippen LogP contribution in [-0.4, -0.2) is 55.7 Å². The van der Waals surface area contributed by atoms with Crippen molar-refractivity contribution < 1.29 is 28.6 Å². The first-order chi connectivity index (χ1) is 19.5. The van der Waals surface area contributed by atoms with Gasteiger partial charge in [-0.3, -0.25) is 14.4 Å². The third-order valence-corrected chi connectivity index (χ3v) is 6.51. The Morgan fingerprint density at radius 2 is 1.73 bits per heavy atom. The zero-order valence-corrected chi connectivity index (χ0v) is 23.0. The van der Waals surface area contributed by atoms with E-state index in [1.807, 2.05) is 13.0 Å². The fourth-order valence-electron chi connectivity index (χ4n) is 4.25. The number of nitrogens with one attached hydrogen (secondary N) is 2. The van der Waals surface area contributed by atoms with Crippen molar-refractivity contribution in [3.63, 3.8) is 0 Å². The van der Waals surface area contributed by atoms with Crippen molar-refractivity contribution in [2.75, 3.05) is 33.1 Å². The summed E-state index contributed by atoms with van der Waals surface area (Å²) in [5.41, 5.74) is 1.74. The number of amides is 3. The number of carbonyl (C=O) groups excluding carboxylic acids is 3. The van der Waals surface area contributed by atoms with Crippen molar-refractivity contribution in [1.29, 1.82) is 0 Å². The first-order valence-corrected chi connectivity index (χ1v) is 13.5. The van der Waals surface area contributed by atoms with Crippen LogP contribution in [0, 0.1) is 0 Å². The molecule has 10 heteroatoms. The Kier molecular flexibility index (Phi) is 10.4. The molecule has 3 amide bonds. The number of nitrogens with zero attached hydrogens (tertiary/aromatic N) is 1. The van der Waals surface area contributed by atoms with Gasteiger partial charge in [-0.05, 0) is 60.9 Å². The molecule has 3 aromatic rings. The van der Waals surface area contributed by atoms with E-state index in [1.165, 1.54) is 4.90 Å². The van der Waals surface area contributed by atoms with E-state index in [1.54, 1.807) is 66.7 Å². The zero-order chi connectivity index (χ0) is 28.3. The first-order valence-electron chi connectivity index (χ1n) is 13.1. The van der Waals surface area contributed by atoms with Crippen molar-refractivity contribution in [3.05, 3.63) is 94.5 Å². The van der Waals surface area contributed by atoms with Gasteiger partial charge in [-0.25, -0.2) is 0 Å². The van der Waals surface area contributed by atoms with E-state index in [2.05, 4.69) is 10.6 Å². The molecule has 3 aromatic carbocycles. The molecule has 0 fully saturated rings. The predicted molar refractivity (Wildman–Crippen MR) is 150 cm³/mol. The van der Waals surface area contributed by atoms with Crippen molar-refractivity contribution in [2.24, 2.45) is 0 Å². The molecule has 0 radical (unpaired) electrons. The number of hydrogen-bond donors (Lipinski definition) is 2. The molecule has 0 spiro atoms. The molecule has 1 aliphatic rings. The van der Waals surface area contributed by atoms with E-state index >= 15 is 0 Å². The Morgan fingerprint density at radius 3 is 2.48 bits per heavy atom. The highest BCUT2D eigenvalue weighted by Crippen LogP contribution is 2.34. The summed E-state index contributed by atoms with van der Waals surface area (Å²) in [6.07, 6.45) is 0.621. The normalized spacial score (nSPS) is 12.4. The maximum atomic E-state index is 13.7. The summed E-state index contributed by atoms with van der Waals surface area (Å²) in [6.45, 7) is 3.27. The molecule has 0 bridgehead atoms. The number of rotatable bonds is 13. The molecular weight excluding hydrogens is 534 g/mol. The first kappa shape index (κ1) is 28.9. The lowest BCUT2D eigenvalue weighted by Gasteiger charge is -2.32. The zero-order valence-electron chi connectivity index (χ0n) is 22.2. The molecule has 0 saturated heterocycles. The molecule has 210 valence electrons. The highest BCUT2D eigenvalue weighted by atomic mass is 35.5. The summed E-state index contributed by atoms with van der Waals surface area (Å²) in [7, 11) is 0. The van der Waals surface area contributed by atoms with Crippen LogP contribution in [-0.2, 0) is 20.9 Å². The summed E-state index contributed by atoms with van der Waals surface area (Å²) in [5, 5.41) is 6.12. The van der Waals surface area contributed by atoms with Crippen LogP contribution in [0.3, 0.4) is 0 Å². The second-order valence-electron chi connectivity index (χ2n) is 9.05. The lowest BCUT2D eigenvalue weighted by atomic mass is 10.0. The number of ether oxygens (including phenoxy) is 3. The van der Waals surface area contributed by atoms with Crippen LogP contribution in [0.5, 0.6) is 11.5 Å². The molecule has 1 heterocycles. The van der Waals surface area contributed by atoms with Crippen LogP contribution in [0.1, 0.15) is 40.9 Å². The fraction of sp³-hybridized carbons (Fsp3) is 0.300. The summed E-state index contributed by atoms with van der Waals surface area (Å²) in [5.74, 6) is -0.0159. The molecule has 1 unspecified atom stereocenters. The second-order valence-corrected chi connectivity index (χ2v) is 9.49. The molecule has 1 aliphatic heterocycles. The quantitative estimate of drug-likeness (QED) is 0.302. The van der Waals surface area contributed by atoms with Crippen LogP contribution >= 0.6 is 11.6 Å². The van der Waals surface area contributed by atoms with Crippen molar-refractivity contribution in [2.45, 2.75) is 25.9 Å². The highest BCUT2D eigenvalue weighted by Gasteiger charge is 2.32. The molecule has 0 aliphatic carbocycles. The van der Waals surface area contributed by atoms with Gasteiger partial charge in [0.15, 0.2) is 11.5 Å². The second kappa shape index (κ2) is 14.3. The van der Waals surface area contributed by atoms with E-state index in [0.29, 0.717) is 53.8 Å². The average molecular weight is 566 g/mol. The standard InChI is InChI=1S/C30H32ClN3O6/c1-2-38-16-6-15-32-30(37)28(22-10-12-24(31)13-11-22)34(19-21-9-14-25-26(17-21)40-20-39-25)27(35)18-33-29(36)23-7-4-3-5-8-23/h3-5,7-14,17,28H,2,6,15-16,18-20H2,1H3,(H,32,37)(H,33,36). The number of hydrogen-bond acceptors (Lipinski definition) is 6. The van der Waals surface area contributed by atoms with Gasteiger partial charge in [-0.15, -0.1) is 0 Å². The Morgan fingerprint density at radius 1 is 0.975 bits per heavy atom. The van der Waals surface area contributed by atoms with Gasteiger partial charge >= 0.3 is 0 Å². The third kappa shape index (κ3) is 7.74. The van der Waals surface area contributed by atoms with E-state index < -0.39 is 11.9 Å². The summed E-state index contributed by atoms with van der Waals surface area (Å²) >= 11 is 6.13. The summed E-state index contributed by atoms with van der Waals surface area (Å²) in [4.78, 5) is 41.5. The maximum Gasteiger partial charge on any atom is 0.251 e. The average Bonchev–Trinajstić information content (AvgIpc) is 3.45. The Hall–Kier alpha value is -4.08. The monoisotopic (exact) mass is 565 g/mol. The molecule has 0 aromatic heterocycles. The number of carbonyl (C=O) groups is 3. The lowest BCUT2D eigenvalue weighted by molar-refractivity contribution is -0.140. The predicted octanol–water partition coefficient (Wildman–Crippen LogP) is 4.11. The minimum absolute atomic E-state index is 0.0797. The van der Waals surface area contributed by atoms with Crippen LogP contribution in [0.15, 0.2) is 72.8 Å². The summed E-state index contributed by atoms with van der Waals surface area (Å²) < 4.78 is 16.3.